The van der Waals surface area contributed by atoms with E-state index in [-0.39, 0.29) is 0 Å². The Morgan fingerprint density at radius 2 is 1.72 bits per heavy atom. The van der Waals surface area contributed by atoms with Crippen LogP contribution in [-0.4, -0.2) is 10.2 Å². The third-order valence-electron chi connectivity index (χ3n) is 3.22. The maximum atomic E-state index is 3.82. The van der Waals surface area contributed by atoms with Gasteiger partial charge in [-0.3, -0.25) is 0 Å². The van der Waals surface area contributed by atoms with Crippen molar-refractivity contribution in [2.45, 2.75) is 30.5 Å². The van der Waals surface area contributed by atoms with Crippen LogP contribution in [-0.2, 0) is 6.42 Å². The minimum absolute atomic E-state index is 0.586. The van der Waals surface area contributed by atoms with Gasteiger partial charge in [0.1, 0.15) is 0 Å². The molecule has 0 amide bonds. The summed E-state index contributed by atoms with van der Waals surface area (Å²) in [5.41, 5.74) is 1.45. The first-order valence-corrected chi connectivity index (χ1v) is 8.51. The molecule has 2 rings (SSSR count). The van der Waals surface area contributed by atoms with Gasteiger partial charge in [0.15, 0.2) is 0 Å². The molecule has 0 saturated carbocycles. The van der Waals surface area contributed by atoms with E-state index in [9.17, 15) is 0 Å². The number of unbranched alkanes of at least 4 members (excludes halogenated alkanes) is 1. The maximum Gasteiger partial charge on any atom is 0.0186 e. The molecule has 2 aromatic carbocycles. The lowest BCUT2D eigenvalue weighted by molar-refractivity contribution is 0.694. The molecule has 0 N–H and O–H groups in total. The second kappa shape index (κ2) is 7.30. The van der Waals surface area contributed by atoms with E-state index in [0.29, 0.717) is 4.83 Å². The summed E-state index contributed by atoms with van der Waals surface area (Å²) >= 11 is 7.30. The number of halogens is 2. The van der Waals surface area contributed by atoms with Gasteiger partial charge in [0.05, 0.1) is 0 Å². The van der Waals surface area contributed by atoms with E-state index in [1.807, 2.05) is 0 Å². The van der Waals surface area contributed by atoms with Crippen molar-refractivity contribution in [3.63, 3.8) is 0 Å². The van der Waals surface area contributed by atoms with Crippen LogP contribution in [0.1, 0.15) is 24.8 Å². The lowest BCUT2D eigenvalue weighted by Gasteiger charge is -2.11. The van der Waals surface area contributed by atoms with Crippen molar-refractivity contribution >= 4 is 42.6 Å². The Kier molecular flexibility index (Phi) is 5.71. The second-order valence-corrected chi connectivity index (χ2v) is 6.71. The number of hydrogen-bond acceptors (Lipinski definition) is 0. The highest BCUT2D eigenvalue weighted by molar-refractivity contribution is 9.09. The zero-order valence-corrected chi connectivity index (χ0v) is 13.6. The van der Waals surface area contributed by atoms with Crippen molar-refractivity contribution in [2.75, 3.05) is 5.33 Å². The SMILES string of the molecule is BrCCCCC(Br)Cc1cccc2ccccc12. The van der Waals surface area contributed by atoms with Gasteiger partial charge in [-0.15, -0.1) is 0 Å². The summed E-state index contributed by atoms with van der Waals surface area (Å²) in [6.45, 7) is 0. The summed E-state index contributed by atoms with van der Waals surface area (Å²) in [6.07, 6.45) is 4.90. The zero-order chi connectivity index (χ0) is 12.8. The van der Waals surface area contributed by atoms with Crippen LogP contribution in [0.25, 0.3) is 10.8 Å². The van der Waals surface area contributed by atoms with E-state index in [4.69, 9.17) is 0 Å². The number of hydrogen-bond donors (Lipinski definition) is 0. The maximum absolute atomic E-state index is 3.82. The summed E-state index contributed by atoms with van der Waals surface area (Å²) in [5.74, 6) is 0. The van der Waals surface area contributed by atoms with Gasteiger partial charge < -0.3 is 0 Å². The molecule has 0 aliphatic carbocycles. The van der Waals surface area contributed by atoms with Gasteiger partial charge >= 0.3 is 0 Å². The molecule has 1 unspecified atom stereocenters. The van der Waals surface area contributed by atoms with Crippen LogP contribution in [0.2, 0.25) is 0 Å². The van der Waals surface area contributed by atoms with E-state index >= 15 is 0 Å². The van der Waals surface area contributed by atoms with Crippen molar-refractivity contribution < 1.29 is 0 Å². The summed E-state index contributed by atoms with van der Waals surface area (Å²) in [5, 5.41) is 3.85. The minimum Gasteiger partial charge on any atom is -0.0928 e. The van der Waals surface area contributed by atoms with Crippen LogP contribution < -0.4 is 0 Å². The Hall–Kier alpha value is -0.340. The monoisotopic (exact) mass is 368 g/mol. The molecule has 0 aliphatic rings. The zero-order valence-electron chi connectivity index (χ0n) is 10.4. The van der Waals surface area contributed by atoms with Gasteiger partial charge in [0.25, 0.3) is 0 Å². The highest BCUT2D eigenvalue weighted by Gasteiger charge is 2.07. The van der Waals surface area contributed by atoms with Crippen LogP contribution in [0.15, 0.2) is 42.5 Å². The molecule has 0 spiro atoms. The molecule has 2 aromatic rings. The molecule has 2 heteroatoms. The summed E-state index contributed by atoms with van der Waals surface area (Å²) in [6, 6.07) is 15.2. The number of fused-ring (bicyclic) bond motifs is 1. The molecule has 18 heavy (non-hydrogen) atoms. The molecule has 0 fully saturated rings. The third kappa shape index (κ3) is 3.83. The summed E-state index contributed by atoms with van der Waals surface area (Å²) in [7, 11) is 0. The molecule has 0 radical (unpaired) electrons. The number of alkyl halides is 2. The Morgan fingerprint density at radius 3 is 2.56 bits per heavy atom. The first-order valence-electron chi connectivity index (χ1n) is 6.48. The molecule has 96 valence electrons. The smallest absolute Gasteiger partial charge is 0.0186 e. The minimum atomic E-state index is 0.586. The average Bonchev–Trinajstić information content (AvgIpc) is 2.39. The van der Waals surface area contributed by atoms with E-state index in [0.717, 1.165) is 11.8 Å². The fourth-order valence-corrected chi connectivity index (χ4v) is 3.34. The van der Waals surface area contributed by atoms with Gasteiger partial charge in [-0.05, 0) is 35.6 Å². The molecule has 1 atom stereocenters. The fourth-order valence-electron chi connectivity index (χ4n) is 2.27. The molecule has 0 bridgehead atoms. The highest BCUT2D eigenvalue weighted by atomic mass is 79.9. The van der Waals surface area contributed by atoms with Crippen molar-refractivity contribution in [3.05, 3.63) is 48.0 Å². The standard InChI is InChI=1S/C16H18Br2/c17-11-4-3-9-15(18)12-14-8-5-7-13-6-1-2-10-16(13)14/h1-2,5-8,10,15H,3-4,9,11-12H2. The predicted octanol–water partition coefficient (Wildman–Crippen LogP) is 5.71. The van der Waals surface area contributed by atoms with Crippen LogP contribution in [0, 0.1) is 0 Å². The van der Waals surface area contributed by atoms with Crippen LogP contribution in [0.4, 0.5) is 0 Å². The van der Waals surface area contributed by atoms with Crippen molar-refractivity contribution in [3.8, 4) is 0 Å². The topological polar surface area (TPSA) is 0 Å². The normalized spacial score (nSPS) is 12.8. The lowest BCUT2D eigenvalue weighted by atomic mass is 9.99. The average molecular weight is 370 g/mol. The van der Waals surface area contributed by atoms with Gasteiger partial charge in [0.2, 0.25) is 0 Å². The van der Waals surface area contributed by atoms with Gasteiger partial charge in [0, 0.05) is 10.2 Å². The second-order valence-electron chi connectivity index (χ2n) is 4.62. The van der Waals surface area contributed by atoms with E-state index < -0.39 is 0 Å². The van der Waals surface area contributed by atoms with E-state index in [1.54, 1.807) is 0 Å². The first-order chi connectivity index (χ1) is 8.81. The lowest BCUT2D eigenvalue weighted by Crippen LogP contribution is -2.03. The van der Waals surface area contributed by atoms with Crippen LogP contribution >= 0.6 is 31.9 Å². The van der Waals surface area contributed by atoms with Gasteiger partial charge in [-0.1, -0.05) is 80.7 Å². The largest absolute Gasteiger partial charge is 0.0928 e. The summed E-state index contributed by atoms with van der Waals surface area (Å²) < 4.78 is 0. The Labute approximate surface area is 126 Å². The van der Waals surface area contributed by atoms with E-state index in [1.165, 1.54) is 35.6 Å². The highest BCUT2D eigenvalue weighted by Crippen LogP contribution is 2.23. The van der Waals surface area contributed by atoms with Crippen molar-refractivity contribution in [1.29, 1.82) is 0 Å². The molecule has 0 aromatic heterocycles. The molecule has 0 heterocycles. The molecular formula is C16H18Br2. The number of benzene rings is 2. The molecule has 0 aliphatic heterocycles. The van der Waals surface area contributed by atoms with Crippen LogP contribution in [0.3, 0.4) is 0 Å². The Bertz CT molecular complexity index is 488. The first kappa shape index (κ1) is 14.1. The summed E-state index contributed by atoms with van der Waals surface area (Å²) in [4.78, 5) is 0.586. The predicted molar refractivity (Wildman–Crippen MR) is 88.0 cm³/mol. The molecule has 0 nitrogen and oxygen atoms in total. The van der Waals surface area contributed by atoms with Gasteiger partial charge in [-0.25, -0.2) is 0 Å². The quantitative estimate of drug-likeness (QED) is 0.451. The number of rotatable bonds is 6. The van der Waals surface area contributed by atoms with Crippen molar-refractivity contribution in [2.24, 2.45) is 0 Å². The fraction of sp³-hybridized carbons (Fsp3) is 0.375. The van der Waals surface area contributed by atoms with Crippen molar-refractivity contribution in [1.82, 2.24) is 0 Å². The third-order valence-corrected chi connectivity index (χ3v) is 4.56. The van der Waals surface area contributed by atoms with Gasteiger partial charge in [-0.2, -0.15) is 0 Å². The van der Waals surface area contributed by atoms with Crippen LogP contribution in [0.5, 0.6) is 0 Å². The van der Waals surface area contributed by atoms with E-state index in [2.05, 4.69) is 74.3 Å². The molecule has 0 saturated heterocycles. The molecular weight excluding hydrogens is 352 g/mol. The Morgan fingerprint density at radius 1 is 0.944 bits per heavy atom. The Balaban J connectivity index is 2.07.